The van der Waals surface area contributed by atoms with Gasteiger partial charge in [0, 0.05) is 11.1 Å². The zero-order valence-corrected chi connectivity index (χ0v) is 24.7. The van der Waals surface area contributed by atoms with E-state index in [-0.39, 0.29) is 11.1 Å². The zero-order valence-electron chi connectivity index (χ0n) is 24.7. The van der Waals surface area contributed by atoms with Gasteiger partial charge in [-0.3, -0.25) is 0 Å². The molecule has 0 radical (unpaired) electrons. The lowest BCUT2D eigenvalue weighted by molar-refractivity contribution is 0.303. The third-order valence-corrected chi connectivity index (χ3v) is 9.55. The second-order valence-electron chi connectivity index (χ2n) is 12.5. The summed E-state index contributed by atoms with van der Waals surface area (Å²) in [6.07, 6.45) is 15.1. The Morgan fingerprint density at radius 3 is 1.78 bits per heavy atom. The van der Waals surface area contributed by atoms with E-state index in [1.807, 2.05) is 6.92 Å². The summed E-state index contributed by atoms with van der Waals surface area (Å²) in [5, 5.41) is 0. The lowest BCUT2D eigenvalue weighted by Crippen LogP contribution is -2.13. The van der Waals surface area contributed by atoms with Gasteiger partial charge in [0.25, 0.3) is 0 Å². The second kappa shape index (κ2) is 13.6. The molecule has 41 heavy (non-hydrogen) atoms. The van der Waals surface area contributed by atoms with Gasteiger partial charge in [-0.25, -0.2) is 17.6 Å². The third kappa shape index (κ3) is 6.57. The molecule has 0 amide bonds. The van der Waals surface area contributed by atoms with E-state index in [2.05, 4.69) is 31.2 Å². The first-order chi connectivity index (χ1) is 19.9. The van der Waals surface area contributed by atoms with E-state index in [4.69, 9.17) is 0 Å². The van der Waals surface area contributed by atoms with Gasteiger partial charge in [-0.15, -0.1) is 0 Å². The van der Waals surface area contributed by atoms with E-state index in [1.165, 1.54) is 62.5 Å². The number of hydrogen-bond donors (Lipinski definition) is 0. The van der Waals surface area contributed by atoms with Crippen LogP contribution in [-0.2, 0) is 25.7 Å². The van der Waals surface area contributed by atoms with Gasteiger partial charge < -0.3 is 0 Å². The highest BCUT2D eigenvalue weighted by atomic mass is 19.2. The van der Waals surface area contributed by atoms with Crippen LogP contribution in [0.1, 0.15) is 124 Å². The molecule has 2 aliphatic rings. The summed E-state index contributed by atoms with van der Waals surface area (Å²) in [5.74, 6) is -2.39. The van der Waals surface area contributed by atoms with E-state index >= 15 is 8.78 Å². The highest BCUT2D eigenvalue weighted by Crippen LogP contribution is 2.43. The number of halogens is 4. The van der Waals surface area contributed by atoms with E-state index in [0.717, 1.165) is 25.2 Å². The maximum atomic E-state index is 15.2. The smallest absolute Gasteiger partial charge is 0.167 e. The Morgan fingerprint density at radius 2 is 1.20 bits per heavy atom. The van der Waals surface area contributed by atoms with E-state index < -0.39 is 23.3 Å². The van der Waals surface area contributed by atoms with Gasteiger partial charge in [0.05, 0.1) is 0 Å². The van der Waals surface area contributed by atoms with Crippen LogP contribution in [0.2, 0.25) is 0 Å². The maximum Gasteiger partial charge on any atom is 0.167 e. The van der Waals surface area contributed by atoms with Crippen LogP contribution >= 0.6 is 0 Å². The number of unbranched alkanes of at least 4 members (excludes halogenated alkanes) is 3. The van der Waals surface area contributed by atoms with Crippen LogP contribution in [0.5, 0.6) is 0 Å². The largest absolute Gasteiger partial charge is 0.203 e. The molecule has 0 aliphatic heterocycles. The van der Waals surface area contributed by atoms with Gasteiger partial charge in [0.1, 0.15) is 0 Å². The summed E-state index contributed by atoms with van der Waals surface area (Å²) in [6, 6.07) is 12.3. The number of fused-ring (bicyclic) bond motifs is 3. The Kier molecular flexibility index (Phi) is 9.88. The third-order valence-electron chi connectivity index (χ3n) is 9.55. The molecule has 0 N–H and O–H groups in total. The molecule has 3 aromatic rings. The fourth-order valence-corrected chi connectivity index (χ4v) is 7.20. The molecule has 0 nitrogen and oxygen atoms in total. The minimum absolute atomic E-state index is 0.106. The van der Waals surface area contributed by atoms with Gasteiger partial charge in [0.15, 0.2) is 23.3 Å². The SMILES string of the molecule is CCCCCC1CCC(c2ccc(CCCCc3cc4c(c(F)c3F)-c3c(cc(CCC)c(F)c3F)C4)cc2)CC1. The van der Waals surface area contributed by atoms with Crippen molar-refractivity contribution < 1.29 is 17.6 Å². The number of benzene rings is 3. The fourth-order valence-electron chi connectivity index (χ4n) is 7.20. The van der Waals surface area contributed by atoms with Crippen molar-refractivity contribution in [2.75, 3.05) is 0 Å². The van der Waals surface area contributed by atoms with Crippen molar-refractivity contribution in [3.63, 3.8) is 0 Å². The van der Waals surface area contributed by atoms with Crippen molar-refractivity contribution in [2.45, 2.75) is 116 Å². The standard InChI is InChI=1S/C37H44F4/c1-3-5-6-10-24-13-17-26(18-14-24)27-19-15-25(16-20-27)11-7-8-12-29-22-31-23-30-21-28(9-4-2)34(38)36(40)32(30)33(31)37(41)35(29)39/h15-16,19-22,24,26H,3-14,17-18,23H2,1-2H3. The van der Waals surface area contributed by atoms with Crippen LogP contribution in [0.25, 0.3) is 11.1 Å². The number of rotatable bonds is 12. The molecule has 0 saturated heterocycles. The molecule has 0 aromatic heterocycles. The topological polar surface area (TPSA) is 0 Å². The predicted octanol–water partition coefficient (Wildman–Crippen LogP) is 11.2. The van der Waals surface area contributed by atoms with Crippen molar-refractivity contribution in [2.24, 2.45) is 5.92 Å². The minimum Gasteiger partial charge on any atom is -0.203 e. The molecular weight excluding hydrogens is 520 g/mol. The summed E-state index contributed by atoms with van der Waals surface area (Å²) in [7, 11) is 0. The fraction of sp³-hybridized carbons (Fsp3) is 0.514. The molecule has 4 heteroatoms. The van der Waals surface area contributed by atoms with Gasteiger partial charge in [-0.05, 0) is 109 Å². The zero-order chi connectivity index (χ0) is 28.9. The van der Waals surface area contributed by atoms with Crippen LogP contribution in [0.4, 0.5) is 17.6 Å². The average molecular weight is 565 g/mol. The molecule has 0 bridgehead atoms. The Balaban J connectivity index is 1.15. The van der Waals surface area contributed by atoms with Crippen molar-refractivity contribution in [1.82, 2.24) is 0 Å². The molecule has 5 rings (SSSR count). The molecule has 0 spiro atoms. The molecule has 2 aliphatic carbocycles. The monoisotopic (exact) mass is 564 g/mol. The van der Waals surface area contributed by atoms with Gasteiger partial charge in [-0.2, -0.15) is 0 Å². The molecule has 0 unspecified atom stereocenters. The van der Waals surface area contributed by atoms with Crippen LogP contribution in [0.15, 0.2) is 36.4 Å². The highest BCUT2D eigenvalue weighted by Gasteiger charge is 2.31. The molecule has 0 atom stereocenters. The van der Waals surface area contributed by atoms with Gasteiger partial charge in [0.2, 0.25) is 0 Å². The van der Waals surface area contributed by atoms with Crippen LogP contribution in [-0.4, -0.2) is 0 Å². The van der Waals surface area contributed by atoms with Crippen molar-refractivity contribution in [1.29, 1.82) is 0 Å². The quantitative estimate of drug-likeness (QED) is 0.119. The number of hydrogen-bond acceptors (Lipinski definition) is 0. The van der Waals surface area contributed by atoms with Crippen LogP contribution < -0.4 is 0 Å². The van der Waals surface area contributed by atoms with Crippen molar-refractivity contribution in [3.8, 4) is 11.1 Å². The van der Waals surface area contributed by atoms with E-state index in [1.54, 1.807) is 12.1 Å². The Bertz CT molecular complexity index is 1330. The first-order valence-corrected chi connectivity index (χ1v) is 16.0. The molecule has 1 fully saturated rings. The molecule has 3 aromatic carbocycles. The second-order valence-corrected chi connectivity index (χ2v) is 12.5. The summed E-state index contributed by atoms with van der Waals surface area (Å²) in [5.41, 5.74) is 4.23. The first-order valence-electron chi connectivity index (χ1n) is 16.0. The molecule has 1 saturated carbocycles. The maximum absolute atomic E-state index is 15.2. The Hall–Kier alpha value is -2.62. The highest BCUT2D eigenvalue weighted by molar-refractivity contribution is 5.79. The normalized spacial score (nSPS) is 18.0. The minimum atomic E-state index is -1.06. The average Bonchev–Trinajstić information content (AvgIpc) is 3.35. The summed E-state index contributed by atoms with van der Waals surface area (Å²) < 4.78 is 59.8. The van der Waals surface area contributed by atoms with Gasteiger partial charge >= 0.3 is 0 Å². The van der Waals surface area contributed by atoms with E-state index in [9.17, 15) is 8.78 Å². The summed E-state index contributed by atoms with van der Waals surface area (Å²) >= 11 is 0. The predicted molar refractivity (Wildman–Crippen MR) is 160 cm³/mol. The number of aryl methyl sites for hydroxylation is 3. The van der Waals surface area contributed by atoms with Crippen molar-refractivity contribution >= 4 is 0 Å². The van der Waals surface area contributed by atoms with Gasteiger partial charge in [-0.1, -0.05) is 82.3 Å². The Morgan fingerprint density at radius 1 is 0.610 bits per heavy atom. The Labute approximate surface area is 243 Å². The molecular formula is C37H44F4. The van der Waals surface area contributed by atoms with E-state index in [0.29, 0.717) is 53.9 Å². The van der Waals surface area contributed by atoms with Crippen molar-refractivity contribution in [3.05, 3.63) is 93.0 Å². The lowest BCUT2D eigenvalue weighted by atomic mass is 9.77. The molecule has 0 heterocycles. The van der Waals surface area contributed by atoms with Crippen LogP contribution in [0.3, 0.4) is 0 Å². The first kappa shape index (κ1) is 29.9. The summed E-state index contributed by atoms with van der Waals surface area (Å²) in [4.78, 5) is 0. The summed E-state index contributed by atoms with van der Waals surface area (Å²) in [6.45, 7) is 4.17. The van der Waals surface area contributed by atoms with Crippen LogP contribution in [0, 0.1) is 29.2 Å². The molecule has 220 valence electrons. The lowest BCUT2D eigenvalue weighted by Gasteiger charge is -2.29.